The van der Waals surface area contributed by atoms with E-state index in [0.29, 0.717) is 5.88 Å². The Labute approximate surface area is 184 Å². The Balaban J connectivity index is 1.37. The van der Waals surface area contributed by atoms with Gasteiger partial charge in [-0.15, -0.1) is 0 Å². The van der Waals surface area contributed by atoms with Crippen molar-refractivity contribution in [1.29, 1.82) is 0 Å². The Hall–Kier alpha value is -3.78. The van der Waals surface area contributed by atoms with Gasteiger partial charge in [0.25, 0.3) is 0 Å². The van der Waals surface area contributed by atoms with Crippen LogP contribution in [0.2, 0.25) is 0 Å². The highest BCUT2D eigenvalue weighted by molar-refractivity contribution is 5.97. The second-order valence-electron chi connectivity index (χ2n) is 8.24. The predicted octanol–water partition coefficient (Wildman–Crippen LogP) is 4.00. The minimum absolute atomic E-state index is 0.136. The van der Waals surface area contributed by atoms with Gasteiger partial charge in [-0.05, 0) is 50.1 Å². The molecule has 0 bridgehead atoms. The van der Waals surface area contributed by atoms with E-state index in [4.69, 9.17) is 9.72 Å². The molecule has 0 radical (unpaired) electrons. The standard InChI is InChI=1S/C24H23N7O/c1-14-18-8-16(9-28-24(18)31-30-14)15-4-5-21-19(7-15)20(11-27-21)22-12-26-13-23(29-22)32-17-3-2-6-25-10-17/h4-5,7-9,11-13,17,25,27H,2-3,6,10H2,1H3,(H,28,30,31). The smallest absolute Gasteiger partial charge is 0.233 e. The molecule has 8 heteroatoms. The van der Waals surface area contributed by atoms with E-state index in [1.807, 2.05) is 19.3 Å². The molecule has 0 aliphatic carbocycles. The number of hydrogen-bond acceptors (Lipinski definition) is 6. The van der Waals surface area contributed by atoms with Crippen molar-refractivity contribution < 1.29 is 4.74 Å². The van der Waals surface area contributed by atoms with Gasteiger partial charge in [-0.3, -0.25) is 10.1 Å². The molecule has 1 saturated heterocycles. The highest BCUT2D eigenvalue weighted by atomic mass is 16.5. The monoisotopic (exact) mass is 425 g/mol. The van der Waals surface area contributed by atoms with Gasteiger partial charge in [-0.2, -0.15) is 5.10 Å². The first-order valence-corrected chi connectivity index (χ1v) is 10.9. The molecule has 1 aliphatic heterocycles. The summed E-state index contributed by atoms with van der Waals surface area (Å²) in [4.78, 5) is 17.0. The van der Waals surface area contributed by atoms with Crippen LogP contribution in [0.1, 0.15) is 18.5 Å². The summed E-state index contributed by atoms with van der Waals surface area (Å²) in [5.41, 5.74) is 6.70. The molecule has 1 aromatic carbocycles. The molecule has 3 N–H and O–H groups in total. The molecule has 5 heterocycles. The molecular formula is C24H23N7O. The highest BCUT2D eigenvalue weighted by Gasteiger charge is 2.16. The lowest BCUT2D eigenvalue weighted by Gasteiger charge is -2.23. The Morgan fingerprint density at radius 3 is 2.91 bits per heavy atom. The molecule has 6 rings (SSSR count). The van der Waals surface area contributed by atoms with E-state index in [-0.39, 0.29) is 6.10 Å². The Morgan fingerprint density at radius 2 is 2.00 bits per heavy atom. The van der Waals surface area contributed by atoms with Crippen LogP contribution in [0.5, 0.6) is 5.88 Å². The number of nitrogens with zero attached hydrogens (tertiary/aromatic N) is 4. The molecule has 5 aromatic rings. The number of nitrogens with one attached hydrogen (secondary N) is 3. The van der Waals surface area contributed by atoms with Crippen molar-refractivity contribution in [1.82, 2.24) is 35.5 Å². The van der Waals surface area contributed by atoms with Crippen LogP contribution < -0.4 is 10.1 Å². The molecule has 160 valence electrons. The van der Waals surface area contributed by atoms with Gasteiger partial charge in [-0.1, -0.05) is 6.07 Å². The van der Waals surface area contributed by atoms with Gasteiger partial charge < -0.3 is 15.0 Å². The fraction of sp³-hybridized carbons (Fsp3) is 0.250. The third-order valence-corrected chi connectivity index (χ3v) is 6.04. The Bertz CT molecular complexity index is 1410. The number of aryl methyl sites for hydroxylation is 1. The van der Waals surface area contributed by atoms with E-state index in [1.54, 1.807) is 12.4 Å². The second kappa shape index (κ2) is 7.72. The number of hydrogen-bond donors (Lipinski definition) is 3. The number of fused-ring (bicyclic) bond motifs is 2. The number of benzene rings is 1. The summed E-state index contributed by atoms with van der Waals surface area (Å²) < 4.78 is 6.08. The molecule has 0 amide bonds. The van der Waals surface area contributed by atoms with Crippen molar-refractivity contribution in [3.05, 3.63) is 54.7 Å². The van der Waals surface area contributed by atoms with Gasteiger partial charge in [0.1, 0.15) is 6.10 Å². The topological polar surface area (TPSA) is 104 Å². The van der Waals surface area contributed by atoms with Gasteiger partial charge >= 0.3 is 0 Å². The zero-order valence-corrected chi connectivity index (χ0v) is 17.7. The molecule has 1 fully saturated rings. The van der Waals surface area contributed by atoms with Gasteiger partial charge in [0, 0.05) is 52.0 Å². The first-order valence-electron chi connectivity index (χ1n) is 10.9. The summed E-state index contributed by atoms with van der Waals surface area (Å²) >= 11 is 0. The number of rotatable bonds is 4. The zero-order chi connectivity index (χ0) is 21.5. The van der Waals surface area contributed by atoms with Gasteiger partial charge in [0.05, 0.1) is 18.1 Å². The number of pyridine rings is 1. The lowest BCUT2D eigenvalue weighted by Crippen LogP contribution is -2.37. The summed E-state index contributed by atoms with van der Waals surface area (Å²) in [7, 11) is 0. The van der Waals surface area contributed by atoms with Crippen LogP contribution in [0, 0.1) is 6.92 Å². The summed E-state index contributed by atoms with van der Waals surface area (Å²) in [5.74, 6) is 0.562. The molecule has 0 saturated carbocycles. The van der Waals surface area contributed by atoms with Crippen molar-refractivity contribution in [2.45, 2.75) is 25.9 Å². The fourth-order valence-corrected chi connectivity index (χ4v) is 4.32. The summed E-state index contributed by atoms with van der Waals surface area (Å²) in [6, 6.07) is 8.48. The quantitative estimate of drug-likeness (QED) is 0.402. The van der Waals surface area contributed by atoms with Crippen molar-refractivity contribution >= 4 is 21.9 Å². The largest absolute Gasteiger partial charge is 0.472 e. The molecule has 8 nitrogen and oxygen atoms in total. The summed E-state index contributed by atoms with van der Waals surface area (Å²) in [6.45, 7) is 3.90. The Morgan fingerprint density at radius 1 is 1.06 bits per heavy atom. The van der Waals surface area contributed by atoms with Gasteiger partial charge in [0.2, 0.25) is 5.88 Å². The number of aromatic nitrogens is 6. The SMILES string of the molecule is Cc1[nH]nc2ncc(-c3ccc4[nH]cc(-c5cncc(OC6CCCNC6)n5)c4c3)cc12. The van der Waals surface area contributed by atoms with Crippen LogP contribution in [0.25, 0.3) is 44.3 Å². The van der Waals surface area contributed by atoms with E-state index >= 15 is 0 Å². The minimum Gasteiger partial charge on any atom is -0.472 e. The number of ether oxygens (including phenoxy) is 1. The number of aromatic amines is 2. The highest BCUT2D eigenvalue weighted by Crippen LogP contribution is 2.32. The third kappa shape index (κ3) is 3.38. The molecule has 0 spiro atoms. The minimum atomic E-state index is 0.136. The maximum Gasteiger partial charge on any atom is 0.233 e. The van der Waals surface area contributed by atoms with E-state index < -0.39 is 0 Å². The Kier molecular flexibility index (Phi) is 4.57. The summed E-state index contributed by atoms with van der Waals surface area (Å²) in [6.07, 6.45) is 9.59. The fourth-order valence-electron chi connectivity index (χ4n) is 4.32. The van der Waals surface area contributed by atoms with E-state index in [1.165, 1.54) is 0 Å². The molecule has 4 aromatic heterocycles. The van der Waals surface area contributed by atoms with Crippen LogP contribution >= 0.6 is 0 Å². The van der Waals surface area contributed by atoms with E-state index in [0.717, 1.165) is 75.9 Å². The second-order valence-corrected chi connectivity index (χ2v) is 8.24. The van der Waals surface area contributed by atoms with E-state index in [2.05, 4.69) is 54.7 Å². The third-order valence-electron chi connectivity index (χ3n) is 6.04. The number of H-pyrrole nitrogens is 2. The lowest BCUT2D eigenvalue weighted by atomic mass is 10.0. The number of piperidine rings is 1. The average molecular weight is 425 g/mol. The predicted molar refractivity (Wildman–Crippen MR) is 123 cm³/mol. The first kappa shape index (κ1) is 18.9. The maximum atomic E-state index is 6.08. The van der Waals surface area contributed by atoms with Crippen LogP contribution in [0.4, 0.5) is 0 Å². The van der Waals surface area contributed by atoms with Crippen molar-refractivity contribution in [2.75, 3.05) is 13.1 Å². The average Bonchev–Trinajstić information content (AvgIpc) is 3.43. The van der Waals surface area contributed by atoms with Crippen LogP contribution in [0.15, 0.2) is 49.1 Å². The van der Waals surface area contributed by atoms with Crippen LogP contribution in [-0.4, -0.2) is 49.3 Å². The van der Waals surface area contributed by atoms with Crippen molar-refractivity contribution in [3.63, 3.8) is 0 Å². The summed E-state index contributed by atoms with van der Waals surface area (Å²) in [5, 5.41) is 12.7. The van der Waals surface area contributed by atoms with Gasteiger partial charge in [0.15, 0.2) is 5.65 Å². The van der Waals surface area contributed by atoms with Crippen molar-refractivity contribution in [2.24, 2.45) is 0 Å². The normalized spacial score (nSPS) is 16.6. The lowest BCUT2D eigenvalue weighted by molar-refractivity contribution is 0.160. The molecule has 32 heavy (non-hydrogen) atoms. The van der Waals surface area contributed by atoms with Crippen molar-refractivity contribution in [3.8, 4) is 28.3 Å². The molecule has 1 unspecified atom stereocenters. The zero-order valence-electron chi connectivity index (χ0n) is 17.7. The van der Waals surface area contributed by atoms with E-state index in [9.17, 15) is 0 Å². The first-order chi connectivity index (χ1) is 15.7. The molecular weight excluding hydrogens is 402 g/mol. The maximum absolute atomic E-state index is 6.08. The molecule has 1 atom stereocenters. The van der Waals surface area contributed by atoms with Crippen LogP contribution in [0.3, 0.4) is 0 Å². The van der Waals surface area contributed by atoms with Gasteiger partial charge in [-0.25, -0.2) is 9.97 Å². The van der Waals surface area contributed by atoms with Crippen LogP contribution in [-0.2, 0) is 0 Å². The molecule has 1 aliphatic rings.